The van der Waals surface area contributed by atoms with Gasteiger partial charge in [0.25, 0.3) is 0 Å². The van der Waals surface area contributed by atoms with Gasteiger partial charge in [-0.1, -0.05) is 13.8 Å². The van der Waals surface area contributed by atoms with Crippen LogP contribution >= 0.6 is 0 Å². The third kappa shape index (κ3) is 3.24. The average molecular weight is 403 g/mol. The first-order valence-corrected chi connectivity index (χ1v) is 9.81. The van der Waals surface area contributed by atoms with Crippen LogP contribution in [-0.4, -0.2) is 34.1 Å². The molecule has 0 saturated heterocycles. The van der Waals surface area contributed by atoms with E-state index < -0.39 is 0 Å². The lowest BCUT2D eigenvalue weighted by atomic mass is 10.2. The molecular weight excluding hydrogens is 378 g/mol. The molecule has 0 bridgehead atoms. The van der Waals surface area contributed by atoms with Gasteiger partial charge < -0.3 is 15.6 Å². The Morgan fingerprint density at radius 1 is 0.900 bits per heavy atom. The molecule has 154 valence electrons. The van der Waals surface area contributed by atoms with Crippen molar-refractivity contribution in [1.29, 1.82) is 0 Å². The fourth-order valence-corrected chi connectivity index (χ4v) is 3.32. The molecule has 0 amide bonds. The molecule has 0 aliphatic carbocycles. The highest BCUT2D eigenvalue weighted by atomic mass is 15.3. The third-order valence-electron chi connectivity index (χ3n) is 4.85. The average Bonchev–Trinajstić information content (AvgIpc) is 3.42. The summed E-state index contributed by atoms with van der Waals surface area (Å²) < 4.78 is 5.46. The number of nitrogen functional groups attached to an aromatic ring is 1. The number of nitrogens with two attached hydrogens (primary N) is 1. The zero-order chi connectivity index (χ0) is 21.4. The molecule has 0 aromatic carbocycles. The van der Waals surface area contributed by atoms with E-state index >= 15 is 0 Å². The summed E-state index contributed by atoms with van der Waals surface area (Å²) in [4.78, 5) is 9.35. The molecule has 0 saturated carbocycles. The van der Waals surface area contributed by atoms with Crippen LogP contribution in [0.5, 0.6) is 0 Å². The van der Waals surface area contributed by atoms with Gasteiger partial charge in [-0.2, -0.15) is 10.2 Å². The zero-order valence-electron chi connectivity index (χ0n) is 17.7. The van der Waals surface area contributed by atoms with Crippen molar-refractivity contribution in [3.05, 3.63) is 42.7 Å². The fourth-order valence-electron chi connectivity index (χ4n) is 3.32. The molecule has 3 N–H and O–H groups in total. The Balaban J connectivity index is 0.00000106. The van der Waals surface area contributed by atoms with Crippen LogP contribution in [0.2, 0.25) is 0 Å². The van der Waals surface area contributed by atoms with Gasteiger partial charge in [-0.15, -0.1) is 0 Å². The van der Waals surface area contributed by atoms with E-state index in [1.807, 2.05) is 64.0 Å². The van der Waals surface area contributed by atoms with E-state index in [-0.39, 0.29) is 0 Å². The van der Waals surface area contributed by atoms with Crippen molar-refractivity contribution >= 4 is 39.4 Å². The van der Waals surface area contributed by atoms with Crippen LogP contribution in [0, 0.1) is 0 Å². The summed E-state index contributed by atoms with van der Waals surface area (Å²) in [6, 6.07) is 9.82. The van der Waals surface area contributed by atoms with Crippen LogP contribution in [0.25, 0.3) is 33.5 Å². The molecule has 5 aromatic heterocycles. The van der Waals surface area contributed by atoms with Gasteiger partial charge in [0, 0.05) is 50.5 Å². The lowest BCUT2D eigenvalue weighted by Crippen LogP contribution is -2.03. The van der Waals surface area contributed by atoms with E-state index in [2.05, 4.69) is 26.6 Å². The molecule has 30 heavy (non-hydrogen) atoms. The van der Waals surface area contributed by atoms with Crippen LogP contribution in [0.3, 0.4) is 0 Å². The summed E-state index contributed by atoms with van der Waals surface area (Å²) in [6.45, 7) is 4.00. The second-order valence-corrected chi connectivity index (χ2v) is 6.80. The topological polar surface area (TPSA) is 104 Å². The highest BCUT2D eigenvalue weighted by molar-refractivity contribution is 5.90. The van der Waals surface area contributed by atoms with Gasteiger partial charge in [0.15, 0.2) is 5.65 Å². The van der Waals surface area contributed by atoms with Crippen LogP contribution in [0.4, 0.5) is 17.3 Å². The molecule has 9 nitrogen and oxygen atoms in total. The number of rotatable bonds is 3. The first-order valence-electron chi connectivity index (χ1n) is 9.81. The van der Waals surface area contributed by atoms with E-state index in [0.29, 0.717) is 11.5 Å². The van der Waals surface area contributed by atoms with Crippen molar-refractivity contribution in [3.8, 4) is 11.4 Å². The van der Waals surface area contributed by atoms with Gasteiger partial charge >= 0.3 is 0 Å². The Labute approximate surface area is 174 Å². The first-order chi connectivity index (χ1) is 14.5. The van der Waals surface area contributed by atoms with E-state index in [1.54, 1.807) is 21.6 Å². The number of hydrogen-bond acceptors (Lipinski definition) is 6. The second-order valence-electron chi connectivity index (χ2n) is 6.80. The molecule has 0 radical (unpaired) electrons. The molecule has 0 fully saturated rings. The normalized spacial score (nSPS) is 11.0. The van der Waals surface area contributed by atoms with Crippen molar-refractivity contribution in [1.82, 2.24) is 34.1 Å². The number of nitrogens with one attached hydrogen (secondary N) is 1. The van der Waals surface area contributed by atoms with E-state index in [4.69, 9.17) is 10.7 Å². The maximum atomic E-state index is 6.15. The fraction of sp³-hybridized carbons (Fsp3) is 0.238. The highest BCUT2D eigenvalue weighted by Crippen LogP contribution is 2.27. The molecule has 0 spiro atoms. The molecule has 5 heterocycles. The van der Waals surface area contributed by atoms with Crippen molar-refractivity contribution in [3.63, 3.8) is 0 Å². The summed E-state index contributed by atoms with van der Waals surface area (Å²) >= 11 is 0. The Bertz CT molecular complexity index is 1340. The predicted molar refractivity (Wildman–Crippen MR) is 120 cm³/mol. The Morgan fingerprint density at radius 2 is 1.70 bits per heavy atom. The minimum atomic E-state index is 0.624. The van der Waals surface area contributed by atoms with Crippen LogP contribution < -0.4 is 11.1 Å². The van der Waals surface area contributed by atoms with Crippen molar-refractivity contribution in [2.75, 3.05) is 11.1 Å². The highest BCUT2D eigenvalue weighted by Gasteiger charge is 2.13. The molecular formula is C21H25N9. The Morgan fingerprint density at radius 3 is 2.50 bits per heavy atom. The molecule has 5 aromatic rings. The molecule has 0 aliphatic heterocycles. The number of pyridine rings is 2. The molecule has 0 aliphatic rings. The Kier molecular flexibility index (Phi) is 4.86. The van der Waals surface area contributed by atoms with E-state index in [0.717, 1.165) is 39.3 Å². The number of aryl methyl sites for hydroxylation is 3. The third-order valence-corrected chi connectivity index (χ3v) is 4.85. The summed E-state index contributed by atoms with van der Waals surface area (Å²) in [5.74, 6) is 1.42. The number of fused-ring (bicyclic) bond motifs is 2. The number of nitrogens with zero attached hydrogens (tertiary/aromatic N) is 7. The first kappa shape index (κ1) is 19.4. The van der Waals surface area contributed by atoms with Crippen molar-refractivity contribution in [2.45, 2.75) is 13.8 Å². The Hall–Kier alpha value is -3.88. The molecule has 5 rings (SSSR count). The van der Waals surface area contributed by atoms with Gasteiger partial charge in [0.05, 0.1) is 17.3 Å². The molecule has 0 unspecified atom stereocenters. The van der Waals surface area contributed by atoms with Gasteiger partial charge in [-0.05, 0) is 18.2 Å². The smallest absolute Gasteiger partial charge is 0.161 e. The number of aromatic nitrogens is 7. The van der Waals surface area contributed by atoms with Crippen molar-refractivity contribution in [2.24, 2.45) is 21.1 Å². The lowest BCUT2D eigenvalue weighted by molar-refractivity contribution is 0.776. The zero-order valence-corrected chi connectivity index (χ0v) is 17.7. The quantitative estimate of drug-likeness (QED) is 0.477. The maximum absolute atomic E-state index is 6.15. The monoisotopic (exact) mass is 403 g/mol. The van der Waals surface area contributed by atoms with Gasteiger partial charge in [-0.3, -0.25) is 9.36 Å². The largest absolute Gasteiger partial charge is 0.398 e. The summed E-state index contributed by atoms with van der Waals surface area (Å²) in [6.07, 6.45) is 3.71. The lowest BCUT2D eigenvalue weighted by Gasteiger charge is -2.07. The van der Waals surface area contributed by atoms with E-state index in [9.17, 15) is 0 Å². The standard InChI is InChI=1S/C19H19N9.C2H6/c1-26-7-6-11-4-5-14(22-18(11)26)15-9-17(27(2)25-15)23-16-8-13(20)12-10-21-28(3)19(12)24-16;1-2/h4-10H,1-3H3,(H3,20,23,24);1-2H3. The summed E-state index contributed by atoms with van der Waals surface area (Å²) in [5.41, 5.74) is 10.0. The van der Waals surface area contributed by atoms with Gasteiger partial charge in [0.1, 0.15) is 23.0 Å². The predicted octanol–water partition coefficient (Wildman–Crippen LogP) is 3.61. The summed E-state index contributed by atoms with van der Waals surface area (Å²) in [5, 5.41) is 14.0. The summed E-state index contributed by atoms with van der Waals surface area (Å²) in [7, 11) is 5.69. The van der Waals surface area contributed by atoms with Gasteiger partial charge in [-0.25, -0.2) is 9.97 Å². The van der Waals surface area contributed by atoms with Crippen LogP contribution in [-0.2, 0) is 21.1 Å². The minimum Gasteiger partial charge on any atom is -0.398 e. The molecule has 0 atom stereocenters. The minimum absolute atomic E-state index is 0.624. The number of anilines is 3. The second kappa shape index (κ2) is 7.51. The number of hydrogen-bond donors (Lipinski definition) is 2. The van der Waals surface area contributed by atoms with Crippen molar-refractivity contribution < 1.29 is 0 Å². The maximum Gasteiger partial charge on any atom is 0.161 e. The van der Waals surface area contributed by atoms with Crippen LogP contribution in [0.1, 0.15) is 13.8 Å². The van der Waals surface area contributed by atoms with Gasteiger partial charge in [0.2, 0.25) is 0 Å². The van der Waals surface area contributed by atoms with E-state index in [1.165, 1.54) is 0 Å². The van der Waals surface area contributed by atoms with Crippen LogP contribution in [0.15, 0.2) is 42.7 Å². The molecule has 9 heteroatoms. The SMILES string of the molecule is CC.Cn1nc(-c2ccc3ccn(C)c3n2)cc1Nc1cc(N)c2cnn(C)c2n1.